The van der Waals surface area contributed by atoms with Crippen LogP contribution in [0.1, 0.15) is 10.4 Å². The summed E-state index contributed by atoms with van der Waals surface area (Å²) >= 11 is 0. The van der Waals surface area contributed by atoms with E-state index in [0.717, 1.165) is 0 Å². The predicted octanol–water partition coefficient (Wildman–Crippen LogP) is 1.28. The van der Waals surface area contributed by atoms with Crippen molar-refractivity contribution in [1.29, 1.82) is 0 Å². The molecule has 2 rings (SSSR count). The second kappa shape index (κ2) is 10.7. The minimum absolute atomic E-state index is 0.0148. The molecule has 0 fully saturated rings. The van der Waals surface area contributed by atoms with Gasteiger partial charge in [-0.3, -0.25) is 4.79 Å². The lowest BCUT2D eigenvalue weighted by Crippen LogP contribution is -2.27. The van der Waals surface area contributed by atoms with E-state index in [1.165, 1.54) is 37.6 Å². The van der Waals surface area contributed by atoms with Crippen LogP contribution in [0.15, 0.2) is 47.5 Å². The van der Waals surface area contributed by atoms with Gasteiger partial charge >= 0.3 is 0 Å². The predicted molar refractivity (Wildman–Crippen MR) is 103 cm³/mol. The van der Waals surface area contributed by atoms with Gasteiger partial charge in [0.15, 0.2) is 0 Å². The Bertz CT molecular complexity index is 888. The Hall–Kier alpha value is -2.53. The van der Waals surface area contributed by atoms with Crippen LogP contribution in [-0.4, -0.2) is 59.9 Å². The molecule has 28 heavy (non-hydrogen) atoms. The summed E-state index contributed by atoms with van der Waals surface area (Å²) in [5.41, 5.74) is 0.552. The molecule has 0 aliphatic heterocycles. The molecular formula is C18H23N3O6S. The fourth-order valence-electron chi connectivity index (χ4n) is 2.18. The average molecular weight is 409 g/mol. The van der Waals surface area contributed by atoms with Crippen LogP contribution in [0.2, 0.25) is 0 Å². The van der Waals surface area contributed by atoms with Crippen LogP contribution >= 0.6 is 0 Å². The fourth-order valence-corrected chi connectivity index (χ4v) is 3.24. The summed E-state index contributed by atoms with van der Waals surface area (Å²) in [5, 5.41) is 2.68. The number of sulfonamides is 1. The molecule has 0 atom stereocenters. The van der Waals surface area contributed by atoms with Gasteiger partial charge in [-0.1, -0.05) is 6.07 Å². The van der Waals surface area contributed by atoms with Crippen molar-refractivity contribution in [3.05, 3.63) is 48.2 Å². The van der Waals surface area contributed by atoms with E-state index in [1.54, 1.807) is 19.2 Å². The number of methoxy groups -OCH3 is 2. The molecule has 0 aliphatic carbocycles. The first-order valence-electron chi connectivity index (χ1n) is 8.44. The first-order valence-corrected chi connectivity index (χ1v) is 9.93. The number of carbonyl (C=O) groups excluding carboxylic acids is 1. The number of nitrogens with zero attached hydrogens (tertiary/aromatic N) is 1. The zero-order valence-electron chi connectivity index (χ0n) is 15.7. The molecule has 2 aromatic rings. The van der Waals surface area contributed by atoms with E-state index in [4.69, 9.17) is 14.2 Å². The van der Waals surface area contributed by atoms with Crippen molar-refractivity contribution in [3.8, 4) is 5.88 Å². The lowest BCUT2D eigenvalue weighted by atomic mass is 10.2. The Balaban J connectivity index is 2.14. The average Bonchev–Trinajstić information content (AvgIpc) is 2.69. The van der Waals surface area contributed by atoms with E-state index in [1.807, 2.05) is 0 Å². The van der Waals surface area contributed by atoms with Gasteiger partial charge < -0.3 is 19.5 Å². The quantitative estimate of drug-likeness (QED) is 0.537. The maximum absolute atomic E-state index is 12.6. The topological polar surface area (TPSA) is 116 Å². The van der Waals surface area contributed by atoms with Crippen LogP contribution < -0.4 is 14.8 Å². The molecule has 9 nitrogen and oxygen atoms in total. The molecule has 0 bridgehead atoms. The van der Waals surface area contributed by atoms with Crippen molar-refractivity contribution in [2.75, 3.05) is 45.9 Å². The molecule has 0 saturated carbocycles. The number of amides is 1. The van der Waals surface area contributed by atoms with E-state index >= 15 is 0 Å². The number of rotatable bonds is 11. The normalized spacial score (nSPS) is 11.2. The number of carbonyl (C=O) groups is 1. The minimum atomic E-state index is -3.75. The number of anilines is 1. The molecule has 152 valence electrons. The Kier molecular flexibility index (Phi) is 8.33. The van der Waals surface area contributed by atoms with Crippen LogP contribution in [0, 0.1) is 0 Å². The van der Waals surface area contributed by atoms with Gasteiger partial charge in [-0.2, -0.15) is 0 Å². The summed E-state index contributed by atoms with van der Waals surface area (Å²) in [4.78, 5) is 16.7. The van der Waals surface area contributed by atoms with Gasteiger partial charge in [0.2, 0.25) is 15.9 Å². The standard InChI is InChI=1S/C18H23N3O6S/c1-25-10-9-20-28(23,24)15-6-3-5-14(13-15)17(22)21-16-7-4-8-19-18(16)27-12-11-26-2/h3-8,13,20H,9-12H2,1-2H3,(H,21,22). The number of ether oxygens (including phenoxy) is 3. The summed E-state index contributed by atoms with van der Waals surface area (Å²) in [7, 11) is -0.717. The molecule has 0 unspecified atom stereocenters. The third-order valence-electron chi connectivity index (χ3n) is 3.55. The Labute approximate surface area is 164 Å². The van der Waals surface area contributed by atoms with Crippen molar-refractivity contribution in [2.24, 2.45) is 0 Å². The van der Waals surface area contributed by atoms with Gasteiger partial charge in [-0.05, 0) is 30.3 Å². The monoisotopic (exact) mass is 409 g/mol. The molecule has 0 saturated heterocycles. The third-order valence-corrected chi connectivity index (χ3v) is 5.01. The smallest absolute Gasteiger partial charge is 0.255 e. The number of nitrogens with one attached hydrogen (secondary N) is 2. The van der Waals surface area contributed by atoms with Crippen LogP contribution in [0.5, 0.6) is 5.88 Å². The molecule has 1 aromatic heterocycles. The summed E-state index contributed by atoms with van der Waals surface area (Å²) in [6, 6.07) is 9.02. The number of benzene rings is 1. The lowest BCUT2D eigenvalue weighted by molar-refractivity contribution is 0.102. The van der Waals surface area contributed by atoms with Crippen LogP contribution in [0.25, 0.3) is 0 Å². The highest BCUT2D eigenvalue weighted by Gasteiger charge is 2.17. The van der Waals surface area contributed by atoms with Crippen LogP contribution in [0.4, 0.5) is 5.69 Å². The summed E-state index contributed by atoms with van der Waals surface area (Å²) in [6.07, 6.45) is 1.54. The van der Waals surface area contributed by atoms with Gasteiger partial charge in [0.25, 0.3) is 5.91 Å². The summed E-state index contributed by atoms with van der Waals surface area (Å²) in [5.74, 6) is -0.239. The molecule has 2 N–H and O–H groups in total. The largest absolute Gasteiger partial charge is 0.474 e. The van der Waals surface area contributed by atoms with Crippen molar-refractivity contribution in [1.82, 2.24) is 9.71 Å². The zero-order chi connectivity index (χ0) is 20.4. The molecule has 0 spiro atoms. The molecule has 1 aromatic carbocycles. The van der Waals surface area contributed by atoms with Crippen LogP contribution in [-0.2, 0) is 19.5 Å². The third kappa shape index (κ3) is 6.27. The number of pyridine rings is 1. The van der Waals surface area contributed by atoms with E-state index in [-0.39, 0.29) is 36.1 Å². The highest BCUT2D eigenvalue weighted by Crippen LogP contribution is 2.22. The zero-order valence-corrected chi connectivity index (χ0v) is 16.5. The summed E-state index contributed by atoms with van der Waals surface area (Å²) in [6.45, 7) is 1.02. The Morgan fingerprint density at radius 2 is 1.86 bits per heavy atom. The first kappa shape index (κ1) is 21.8. The SMILES string of the molecule is COCCNS(=O)(=O)c1cccc(C(=O)Nc2cccnc2OCCOC)c1. The van der Waals surface area contributed by atoms with Gasteiger partial charge in [0.05, 0.1) is 18.1 Å². The molecule has 10 heteroatoms. The molecular weight excluding hydrogens is 386 g/mol. The van der Waals surface area contributed by atoms with Gasteiger partial charge in [-0.15, -0.1) is 0 Å². The maximum Gasteiger partial charge on any atom is 0.255 e. The maximum atomic E-state index is 12.6. The highest BCUT2D eigenvalue weighted by molar-refractivity contribution is 7.89. The number of hydrogen-bond acceptors (Lipinski definition) is 7. The van der Waals surface area contributed by atoms with Gasteiger partial charge in [0.1, 0.15) is 12.3 Å². The van der Waals surface area contributed by atoms with Crippen molar-refractivity contribution >= 4 is 21.6 Å². The fraction of sp³-hybridized carbons (Fsp3) is 0.333. The lowest BCUT2D eigenvalue weighted by Gasteiger charge is -2.12. The van der Waals surface area contributed by atoms with E-state index in [2.05, 4.69) is 15.0 Å². The van der Waals surface area contributed by atoms with Gasteiger partial charge in [0, 0.05) is 32.5 Å². The van der Waals surface area contributed by atoms with Crippen LogP contribution in [0.3, 0.4) is 0 Å². The Morgan fingerprint density at radius 3 is 2.61 bits per heavy atom. The van der Waals surface area contributed by atoms with E-state index in [0.29, 0.717) is 12.3 Å². The van der Waals surface area contributed by atoms with Crippen molar-refractivity contribution < 1.29 is 27.4 Å². The molecule has 1 amide bonds. The van der Waals surface area contributed by atoms with E-state index < -0.39 is 15.9 Å². The van der Waals surface area contributed by atoms with Gasteiger partial charge in [-0.25, -0.2) is 18.1 Å². The molecule has 1 heterocycles. The van der Waals surface area contributed by atoms with E-state index in [9.17, 15) is 13.2 Å². The van der Waals surface area contributed by atoms with Crippen molar-refractivity contribution in [2.45, 2.75) is 4.90 Å². The first-order chi connectivity index (χ1) is 13.5. The number of aromatic nitrogens is 1. The number of hydrogen-bond donors (Lipinski definition) is 2. The summed E-state index contributed by atoms with van der Waals surface area (Å²) < 4.78 is 42.2. The second-order valence-corrected chi connectivity index (χ2v) is 7.34. The minimum Gasteiger partial charge on any atom is -0.474 e. The second-order valence-electron chi connectivity index (χ2n) is 5.57. The van der Waals surface area contributed by atoms with Crippen molar-refractivity contribution in [3.63, 3.8) is 0 Å². The molecule has 0 radical (unpaired) electrons. The highest BCUT2D eigenvalue weighted by atomic mass is 32.2. The molecule has 0 aliphatic rings. The Morgan fingerprint density at radius 1 is 1.07 bits per heavy atom.